The molecule has 0 fully saturated rings. The molecule has 2 aromatic rings. The van der Waals surface area contributed by atoms with Crippen LogP contribution in [0.2, 0.25) is 0 Å². The fraction of sp³-hybridized carbons (Fsp3) is 0.385. The van der Waals surface area contributed by atoms with Gasteiger partial charge in [-0.25, -0.2) is 4.98 Å². The second kappa shape index (κ2) is 3.74. The maximum Gasteiger partial charge on any atom is 0.151 e. The molecule has 0 amide bonds. The lowest BCUT2D eigenvalue weighted by atomic mass is 10.1. The van der Waals surface area contributed by atoms with Gasteiger partial charge in [0.05, 0.1) is 22.8 Å². The van der Waals surface area contributed by atoms with E-state index in [1.807, 2.05) is 31.5 Å². The van der Waals surface area contributed by atoms with Crippen LogP contribution >= 0.6 is 0 Å². The molecule has 0 spiro atoms. The van der Waals surface area contributed by atoms with E-state index < -0.39 is 0 Å². The molecule has 0 aliphatic carbocycles. The summed E-state index contributed by atoms with van der Waals surface area (Å²) in [6, 6.07) is 8.11. The fourth-order valence-corrected chi connectivity index (χ4v) is 1.53. The monoisotopic (exact) mass is 215 g/mol. The predicted molar refractivity (Wildman–Crippen MR) is 68.1 cm³/mol. The lowest BCUT2D eigenvalue weighted by Gasteiger charge is -2.10. The van der Waals surface area contributed by atoms with Gasteiger partial charge in [-0.05, 0) is 32.9 Å². The molecule has 0 radical (unpaired) electrons. The van der Waals surface area contributed by atoms with Crippen molar-refractivity contribution < 1.29 is 0 Å². The van der Waals surface area contributed by atoms with Crippen molar-refractivity contribution in [3.63, 3.8) is 0 Å². The average Bonchev–Trinajstić information content (AvgIpc) is 2.53. The van der Waals surface area contributed by atoms with Gasteiger partial charge in [0, 0.05) is 7.05 Å². The van der Waals surface area contributed by atoms with Crippen LogP contribution in [0.25, 0.3) is 11.0 Å². The van der Waals surface area contributed by atoms with Crippen molar-refractivity contribution in [3.05, 3.63) is 30.1 Å². The highest BCUT2D eigenvalue weighted by atomic mass is 15.1. The predicted octanol–water partition coefficient (Wildman–Crippen LogP) is 2.79. The Morgan fingerprint density at radius 2 is 1.94 bits per heavy atom. The maximum atomic E-state index is 4.53. The van der Waals surface area contributed by atoms with Crippen LogP contribution in [0.1, 0.15) is 26.6 Å². The summed E-state index contributed by atoms with van der Waals surface area (Å²) in [5.74, 6) is 0.899. The number of nitrogens with zero attached hydrogens (tertiary/aromatic N) is 3. The first-order valence-corrected chi connectivity index (χ1v) is 5.44. The van der Waals surface area contributed by atoms with Crippen molar-refractivity contribution in [1.82, 2.24) is 9.55 Å². The van der Waals surface area contributed by atoms with E-state index >= 15 is 0 Å². The van der Waals surface area contributed by atoms with Gasteiger partial charge in [-0.2, -0.15) is 0 Å². The molecule has 0 aliphatic heterocycles. The molecule has 0 saturated carbocycles. The minimum atomic E-state index is -0.0574. The Kier molecular flexibility index (Phi) is 2.54. The second-order valence-electron chi connectivity index (χ2n) is 4.95. The van der Waals surface area contributed by atoms with E-state index in [-0.39, 0.29) is 5.54 Å². The maximum absolute atomic E-state index is 4.53. The first kappa shape index (κ1) is 10.9. The first-order chi connectivity index (χ1) is 7.47. The minimum Gasteiger partial charge on any atom is -0.326 e. The summed E-state index contributed by atoms with van der Waals surface area (Å²) in [4.78, 5) is 9.00. The summed E-state index contributed by atoms with van der Waals surface area (Å²) >= 11 is 0. The van der Waals surface area contributed by atoms with Crippen LogP contribution < -0.4 is 0 Å². The van der Waals surface area contributed by atoms with Crippen LogP contribution in [0.3, 0.4) is 0 Å². The van der Waals surface area contributed by atoms with Crippen LogP contribution in [-0.4, -0.2) is 21.3 Å². The van der Waals surface area contributed by atoms with E-state index in [9.17, 15) is 0 Å². The van der Waals surface area contributed by atoms with Crippen molar-refractivity contribution in [2.45, 2.75) is 26.3 Å². The van der Waals surface area contributed by atoms with Crippen molar-refractivity contribution in [2.24, 2.45) is 12.0 Å². The van der Waals surface area contributed by atoms with Crippen LogP contribution in [0, 0.1) is 0 Å². The van der Waals surface area contributed by atoms with Gasteiger partial charge in [0.15, 0.2) is 5.82 Å². The lowest BCUT2D eigenvalue weighted by molar-refractivity contribution is 0.586. The molecular formula is C13H17N3. The fourth-order valence-electron chi connectivity index (χ4n) is 1.53. The highest BCUT2D eigenvalue weighted by Crippen LogP contribution is 2.14. The van der Waals surface area contributed by atoms with E-state index in [0.29, 0.717) is 0 Å². The van der Waals surface area contributed by atoms with Gasteiger partial charge in [-0.3, -0.25) is 4.99 Å². The Morgan fingerprint density at radius 3 is 2.56 bits per heavy atom. The molecule has 1 heterocycles. The van der Waals surface area contributed by atoms with Crippen LogP contribution in [0.5, 0.6) is 0 Å². The third-order valence-electron chi connectivity index (χ3n) is 2.39. The molecule has 3 heteroatoms. The number of benzene rings is 1. The SMILES string of the molecule is Cn1c(/C=N/C(C)(C)C)nc2ccccc21. The zero-order chi connectivity index (χ0) is 11.8. The summed E-state index contributed by atoms with van der Waals surface area (Å²) < 4.78 is 2.06. The van der Waals surface area contributed by atoms with Crippen molar-refractivity contribution >= 4 is 17.2 Å². The minimum absolute atomic E-state index is 0.0574. The number of imidazole rings is 1. The van der Waals surface area contributed by atoms with Crippen molar-refractivity contribution in [3.8, 4) is 0 Å². The number of aromatic nitrogens is 2. The van der Waals surface area contributed by atoms with Crippen LogP contribution in [-0.2, 0) is 7.05 Å². The van der Waals surface area contributed by atoms with Gasteiger partial charge in [0.1, 0.15) is 0 Å². The molecule has 16 heavy (non-hydrogen) atoms. The Balaban J connectivity index is 2.46. The summed E-state index contributed by atoms with van der Waals surface area (Å²) in [5.41, 5.74) is 2.09. The summed E-state index contributed by atoms with van der Waals surface area (Å²) in [7, 11) is 2.01. The van der Waals surface area contributed by atoms with Gasteiger partial charge < -0.3 is 4.57 Å². The van der Waals surface area contributed by atoms with Gasteiger partial charge in [0.25, 0.3) is 0 Å². The summed E-state index contributed by atoms with van der Waals surface area (Å²) in [6.45, 7) is 6.23. The molecular weight excluding hydrogens is 198 g/mol. The molecule has 0 bridgehead atoms. The number of para-hydroxylation sites is 2. The molecule has 0 N–H and O–H groups in total. The third kappa shape index (κ3) is 2.13. The molecule has 1 aromatic carbocycles. The zero-order valence-electron chi connectivity index (χ0n) is 10.2. The Morgan fingerprint density at radius 1 is 1.25 bits per heavy atom. The van der Waals surface area contributed by atoms with Gasteiger partial charge >= 0.3 is 0 Å². The number of hydrogen-bond acceptors (Lipinski definition) is 2. The molecule has 0 saturated heterocycles. The lowest BCUT2D eigenvalue weighted by Crippen LogP contribution is -2.10. The van der Waals surface area contributed by atoms with E-state index in [4.69, 9.17) is 0 Å². The Labute approximate surface area is 95.8 Å². The van der Waals surface area contributed by atoms with E-state index in [0.717, 1.165) is 16.9 Å². The number of hydrogen-bond donors (Lipinski definition) is 0. The molecule has 0 atom stereocenters. The highest BCUT2D eigenvalue weighted by Gasteiger charge is 2.08. The number of rotatable bonds is 1. The average molecular weight is 215 g/mol. The van der Waals surface area contributed by atoms with Gasteiger partial charge in [-0.1, -0.05) is 12.1 Å². The second-order valence-corrected chi connectivity index (χ2v) is 4.95. The quantitative estimate of drug-likeness (QED) is 0.673. The Bertz CT molecular complexity index is 530. The molecule has 2 rings (SSSR count). The molecule has 3 nitrogen and oxygen atoms in total. The summed E-state index contributed by atoms with van der Waals surface area (Å²) in [6.07, 6.45) is 1.85. The van der Waals surface area contributed by atoms with Gasteiger partial charge in [0.2, 0.25) is 0 Å². The smallest absolute Gasteiger partial charge is 0.151 e. The third-order valence-corrected chi connectivity index (χ3v) is 2.39. The highest BCUT2D eigenvalue weighted by molar-refractivity contribution is 5.85. The van der Waals surface area contributed by atoms with Crippen LogP contribution in [0.4, 0.5) is 0 Å². The summed E-state index contributed by atoms with van der Waals surface area (Å²) in [5, 5.41) is 0. The largest absolute Gasteiger partial charge is 0.326 e. The molecule has 0 unspecified atom stereocenters. The molecule has 84 valence electrons. The zero-order valence-corrected chi connectivity index (χ0v) is 10.2. The van der Waals surface area contributed by atoms with Gasteiger partial charge in [-0.15, -0.1) is 0 Å². The van der Waals surface area contributed by atoms with Crippen LogP contribution in [0.15, 0.2) is 29.3 Å². The van der Waals surface area contributed by atoms with Crippen molar-refractivity contribution in [1.29, 1.82) is 0 Å². The van der Waals surface area contributed by atoms with Crippen molar-refractivity contribution in [2.75, 3.05) is 0 Å². The number of aliphatic imine (C=N–C) groups is 1. The number of aryl methyl sites for hydroxylation is 1. The molecule has 1 aromatic heterocycles. The van der Waals surface area contributed by atoms with E-state index in [1.165, 1.54) is 0 Å². The standard InChI is InChI=1S/C13H17N3/c1-13(2,3)14-9-12-15-10-7-5-6-8-11(10)16(12)4/h5-9H,1-4H3/b14-9+. The molecule has 0 aliphatic rings. The Hall–Kier alpha value is -1.64. The van der Waals surface area contributed by atoms with E-state index in [1.54, 1.807) is 0 Å². The topological polar surface area (TPSA) is 30.2 Å². The first-order valence-electron chi connectivity index (χ1n) is 5.44. The number of fused-ring (bicyclic) bond motifs is 1. The van der Waals surface area contributed by atoms with E-state index in [2.05, 4.69) is 41.4 Å². The normalized spacial score (nSPS) is 12.8.